The minimum absolute atomic E-state index is 0.259. The molecule has 0 aromatic carbocycles. The van der Waals surface area contributed by atoms with E-state index < -0.39 is 0 Å². The average molecular weight is 120 g/mol. The van der Waals surface area contributed by atoms with Gasteiger partial charge >= 0.3 is 0 Å². The number of rotatable bonds is 3. The van der Waals surface area contributed by atoms with Gasteiger partial charge in [-0.25, -0.2) is 0 Å². The number of aliphatic hydroxyl groups excluding tert-OH is 1. The van der Waals surface area contributed by atoms with Gasteiger partial charge < -0.3 is 5.11 Å². The van der Waals surface area contributed by atoms with Gasteiger partial charge in [-0.15, -0.1) is 11.8 Å². The molecule has 0 saturated heterocycles. The summed E-state index contributed by atoms with van der Waals surface area (Å²) in [7, 11) is 0. The van der Waals surface area contributed by atoms with E-state index in [-0.39, 0.29) is 5.94 Å². The van der Waals surface area contributed by atoms with Crippen LogP contribution >= 0.6 is 11.8 Å². The van der Waals surface area contributed by atoms with Gasteiger partial charge in [-0.3, -0.25) is 0 Å². The summed E-state index contributed by atoms with van der Waals surface area (Å²) in [5.74, 6) is 0.259. The van der Waals surface area contributed by atoms with Gasteiger partial charge in [-0.2, -0.15) is 0 Å². The highest BCUT2D eigenvalue weighted by Gasteiger charge is 1.93. The van der Waals surface area contributed by atoms with Crippen LogP contribution in [0.5, 0.6) is 0 Å². The van der Waals surface area contributed by atoms with E-state index in [1.165, 1.54) is 0 Å². The summed E-state index contributed by atoms with van der Waals surface area (Å²) in [6.07, 6.45) is 1.14. The van der Waals surface area contributed by atoms with Crippen LogP contribution in [0.4, 0.5) is 0 Å². The lowest BCUT2D eigenvalue weighted by Crippen LogP contribution is -1.92. The van der Waals surface area contributed by atoms with Crippen molar-refractivity contribution >= 4 is 11.8 Å². The molecule has 0 bridgehead atoms. The van der Waals surface area contributed by atoms with Crippen LogP contribution in [-0.2, 0) is 0 Å². The van der Waals surface area contributed by atoms with Crippen LogP contribution in [-0.4, -0.2) is 16.3 Å². The Morgan fingerprint density at radius 2 is 2.29 bits per heavy atom. The van der Waals surface area contributed by atoms with Gasteiger partial charge in [0.2, 0.25) is 0 Å². The summed E-state index contributed by atoms with van der Waals surface area (Å²) in [6, 6.07) is 0. The summed E-state index contributed by atoms with van der Waals surface area (Å²) in [4.78, 5) is 0. The van der Waals surface area contributed by atoms with E-state index in [0.717, 1.165) is 6.42 Å². The minimum atomic E-state index is 0.259. The SMILES string of the molecule is CCC(C)SCO. The first kappa shape index (κ1) is 7.31. The maximum Gasteiger partial charge on any atom is 0.0888 e. The molecule has 44 valence electrons. The van der Waals surface area contributed by atoms with Crippen molar-refractivity contribution in [3.8, 4) is 0 Å². The standard InChI is InChI=1S/C5H12OS/c1-3-5(2)7-4-6/h5-6H,3-4H2,1-2H3. The van der Waals surface area contributed by atoms with Crippen molar-refractivity contribution in [2.45, 2.75) is 25.5 Å². The molecule has 0 saturated carbocycles. The van der Waals surface area contributed by atoms with Crippen LogP contribution in [0.3, 0.4) is 0 Å². The first-order chi connectivity index (χ1) is 3.31. The Morgan fingerprint density at radius 3 is 2.43 bits per heavy atom. The minimum Gasteiger partial charge on any atom is -0.386 e. The van der Waals surface area contributed by atoms with Crippen molar-refractivity contribution in [3.63, 3.8) is 0 Å². The topological polar surface area (TPSA) is 20.2 Å². The highest BCUT2D eigenvalue weighted by Crippen LogP contribution is 2.10. The molecule has 0 heterocycles. The number of aliphatic hydroxyl groups is 1. The van der Waals surface area contributed by atoms with Gasteiger partial charge in [-0.1, -0.05) is 13.8 Å². The highest BCUT2D eigenvalue weighted by molar-refractivity contribution is 7.99. The van der Waals surface area contributed by atoms with Gasteiger partial charge in [0.05, 0.1) is 5.94 Å². The predicted molar refractivity (Wildman–Crippen MR) is 34.4 cm³/mol. The summed E-state index contributed by atoms with van der Waals surface area (Å²) < 4.78 is 0. The Balaban J connectivity index is 2.83. The van der Waals surface area contributed by atoms with Crippen molar-refractivity contribution in [1.82, 2.24) is 0 Å². The van der Waals surface area contributed by atoms with E-state index in [4.69, 9.17) is 5.11 Å². The predicted octanol–water partition coefficient (Wildman–Crippen LogP) is 1.47. The Bertz CT molecular complexity index is 39.1. The lowest BCUT2D eigenvalue weighted by atomic mass is 10.4. The maximum absolute atomic E-state index is 8.33. The highest BCUT2D eigenvalue weighted by atomic mass is 32.2. The first-order valence-electron chi connectivity index (χ1n) is 2.53. The molecule has 0 aromatic heterocycles. The fourth-order valence-electron chi connectivity index (χ4n) is 0.245. The average Bonchev–Trinajstić information content (AvgIpc) is 1.68. The second-order valence-corrected chi connectivity index (χ2v) is 2.91. The van der Waals surface area contributed by atoms with Gasteiger partial charge in [0.25, 0.3) is 0 Å². The molecule has 7 heavy (non-hydrogen) atoms. The third kappa shape index (κ3) is 4.16. The molecule has 0 fully saturated rings. The molecule has 0 radical (unpaired) electrons. The second kappa shape index (κ2) is 4.47. The number of hydrogen-bond acceptors (Lipinski definition) is 2. The third-order valence-electron chi connectivity index (χ3n) is 0.934. The van der Waals surface area contributed by atoms with Crippen molar-refractivity contribution in [2.75, 3.05) is 5.94 Å². The summed E-state index contributed by atoms with van der Waals surface area (Å²) in [5.41, 5.74) is 0. The Hall–Kier alpha value is 0.310. The van der Waals surface area contributed by atoms with Crippen LogP contribution in [0.1, 0.15) is 20.3 Å². The van der Waals surface area contributed by atoms with Gasteiger partial charge in [0.15, 0.2) is 0 Å². The van der Waals surface area contributed by atoms with Crippen LogP contribution in [0.15, 0.2) is 0 Å². The number of hydrogen-bond donors (Lipinski definition) is 1. The quantitative estimate of drug-likeness (QED) is 0.569. The Kier molecular flexibility index (Phi) is 4.67. The van der Waals surface area contributed by atoms with E-state index in [0.29, 0.717) is 5.25 Å². The zero-order valence-corrected chi connectivity index (χ0v) is 5.66. The Labute approximate surface area is 49.1 Å². The normalized spacial score (nSPS) is 14.1. The lowest BCUT2D eigenvalue weighted by Gasteiger charge is -2.01. The lowest BCUT2D eigenvalue weighted by molar-refractivity contribution is 0.374. The van der Waals surface area contributed by atoms with E-state index in [1.54, 1.807) is 11.8 Å². The zero-order valence-electron chi connectivity index (χ0n) is 4.85. The van der Waals surface area contributed by atoms with Crippen LogP contribution in [0.25, 0.3) is 0 Å². The fourth-order valence-corrected chi connectivity index (χ4v) is 0.735. The van der Waals surface area contributed by atoms with Crippen molar-refractivity contribution in [2.24, 2.45) is 0 Å². The van der Waals surface area contributed by atoms with Crippen LogP contribution < -0.4 is 0 Å². The molecule has 0 aliphatic carbocycles. The van der Waals surface area contributed by atoms with E-state index >= 15 is 0 Å². The van der Waals surface area contributed by atoms with E-state index in [1.807, 2.05) is 0 Å². The molecule has 0 spiro atoms. The largest absolute Gasteiger partial charge is 0.386 e. The van der Waals surface area contributed by atoms with Crippen molar-refractivity contribution in [1.29, 1.82) is 0 Å². The molecular weight excluding hydrogens is 108 g/mol. The van der Waals surface area contributed by atoms with Crippen molar-refractivity contribution < 1.29 is 5.11 Å². The molecule has 0 rings (SSSR count). The molecule has 0 amide bonds. The summed E-state index contributed by atoms with van der Waals surface area (Å²) in [5, 5.41) is 8.95. The second-order valence-electron chi connectivity index (χ2n) is 1.51. The molecule has 1 unspecified atom stereocenters. The molecular formula is C5H12OS. The molecule has 0 aromatic rings. The first-order valence-corrected chi connectivity index (χ1v) is 3.58. The summed E-state index contributed by atoms with van der Waals surface area (Å²) >= 11 is 1.59. The van der Waals surface area contributed by atoms with Gasteiger partial charge in [0.1, 0.15) is 0 Å². The molecule has 2 heteroatoms. The summed E-state index contributed by atoms with van der Waals surface area (Å²) in [6.45, 7) is 4.23. The molecule has 0 aliphatic rings. The smallest absolute Gasteiger partial charge is 0.0888 e. The Morgan fingerprint density at radius 1 is 1.71 bits per heavy atom. The molecule has 0 aliphatic heterocycles. The van der Waals surface area contributed by atoms with Crippen LogP contribution in [0.2, 0.25) is 0 Å². The molecule has 1 N–H and O–H groups in total. The monoisotopic (exact) mass is 120 g/mol. The molecule has 1 atom stereocenters. The van der Waals surface area contributed by atoms with Gasteiger partial charge in [-0.05, 0) is 6.42 Å². The number of thioether (sulfide) groups is 1. The van der Waals surface area contributed by atoms with E-state index in [9.17, 15) is 0 Å². The van der Waals surface area contributed by atoms with Gasteiger partial charge in [0, 0.05) is 5.25 Å². The van der Waals surface area contributed by atoms with Crippen molar-refractivity contribution in [3.05, 3.63) is 0 Å². The van der Waals surface area contributed by atoms with Crippen LogP contribution in [0, 0.1) is 0 Å². The maximum atomic E-state index is 8.33. The van der Waals surface area contributed by atoms with E-state index in [2.05, 4.69) is 13.8 Å². The third-order valence-corrected chi connectivity index (χ3v) is 1.99. The fraction of sp³-hybridized carbons (Fsp3) is 1.00. The zero-order chi connectivity index (χ0) is 5.70. The molecule has 1 nitrogen and oxygen atoms in total.